The van der Waals surface area contributed by atoms with Crippen molar-refractivity contribution in [2.24, 2.45) is 10.4 Å². The molecule has 2 aromatic heterocycles. The van der Waals surface area contributed by atoms with Crippen molar-refractivity contribution in [2.45, 2.75) is 144 Å². The maximum atomic E-state index is 9.75. The molecule has 1 aliphatic carbocycles. The van der Waals surface area contributed by atoms with Crippen molar-refractivity contribution in [3.05, 3.63) is 128 Å². The Labute approximate surface area is 374 Å². The molecule has 0 bridgehead atoms. The SMILES string of the molecule is [2H]C1([2H])c2cc(C)c(C)cc2[C@]2(C(C)(C)C)SC(c3[c-]c(Oc4[c-]c5c(cc4C)C(C)(C)c4cc(C(C)(C)C)cc6c7cc(C)cnc7n-5c46)cc(C(C)(C)C)c3)=N[C@]12C.[Pt+2]. The maximum absolute atomic E-state index is 9.75. The number of pyridine rings is 1. The molecule has 4 aromatic carbocycles. The minimum absolute atomic E-state index is 0. The largest absolute Gasteiger partial charge is 2.00 e. The van der Waals surface area contributed by atoms with Crippen LogP contribution in [0.25, 0.3) is 27.6 Å². The molecule has 59 heavy (non-hydrogen) atoms. The number of aliphatic imine (C=N–C) groups is 1. The summed E-state index contributed by atoms with van der Waals surface area (Å²) >= 11 is 1.70. The number of rotatable bonds is 3. The Morgan fingerprint density at radius 3 is 2.05 bits per heavy atom. The van der Waals surface area contributed by atoms with Gasteiger partial charge in [0.25, 0.3) is 0 Å². The molecule has 0 spiro atoms. The normalized spacial score (nSPS) is 22.0. The molecule has 2 atom stereocenters. The van der Waals surface area contributed by atoms with Gasteiger partial charge in [-0.2, -0.15) is 6.07 Å². The first-order valence-corrected chi connectivity index (χ1v) is 21.6. The second-order valence-corrected chi connectivity index (χ2v) is 22.4. The van der Waals surface area contributed by atoms with Gasteiger partial charge in [0.1, 0.15) is 5.65 Å². The van der Waals surface area contributed by atoms with E-state index in [4.69, 9.17) is 14.7 Å². The molecule has 2 aliphatic heterocycles. The van der Waals surface area contributed by atoms with Crippen molar-refractivity contribution in [3.8, 4) is 17.2 Å². The minimum atomic E-state index is -1.69. The molecule has 6 heteroatoms. The van der Waals surface area contributed by atoms with Crippen molar-refractivity contribution >= 4 is 38.7 Å². The average molecular weight is 983 g/mol. The van der Waals surface area contributed by atoms with E-state index in [1.54, 1.807) is 11.8 Å². The molecule has 0 saturated carbocycles. The summed E-state index contributed by atoms with van der Waals surface area (Å²) in [5, 5.41) is 3.15. The van der Waals surface area contributed by atoms with Crippen molar-refractivity contribution in [1.82, 2.24) is 9.55 Å². The molecular formula is C53H59N3OPtS. The van der Waals surface area contributed by atoms with Gasteiger partial charge in [-0.05, 0) is 107 Å². The van der Waals surface area contributed by atoms with Gasteiger partial charge in [0, 0.05) is 36.3 Å². The third-order valence-electron chi connectivity index (χ3n) is 13.3. The Bertz CT molecular complexity index is 2900. The first kappa shape index (κ1) is 39.5. The van der Waals surface area contributed by atoms with Crippen molar-refractivity contribution < 1.29 is 28.5 Å². The number of ether oxygens (including phenoxy) is 1. The average Bonchev–Trinajstić information content (AvgIpc) is 3.69. The molecule has 0 saturated heterocycles. The Balaban J connectivity index is 0.00000514. The predicted octanol–water partition coefficient (Wildman–Crippen LogP) is 13.8. The molecule has 0 amide bonds. The van der Waals surface area contributed by atoms with E-state index in [9.17, 15) is 2.74 Å². The van der Waals surface area contributed by atoms with Crippen LogP contribution in [-0.2, 0) is 48.4 Å². The fourth-order valence-electron chi connectivity index (χ4n) is 9.89. The van der Waals surface area contributed by atoms with E-state index in [2.05, 4.69) is 169 Å². The van der Waals surface area contributed by atoms with Crippen LogP contribution in [0, 0.1) is 45.2 Å². The van der Waals surface area contributed by atoms with E-state index in [0.29, 0.717) is 11.5 Å². The zero-order valence-electron chi connectivity index (χ0n) is 39.7. The van der Waals surface area contributed by atoms with Crippen LogP contribution in [0.5, 0.6) is 11.5 Å². The number of hydrogen-bond acceptors (Lipinski definition) is 4. The second-order valence-electron chi connectivity index (χ2n) is 21.2. The zero-order chi connectivity index (χ0) is 43.7. The van der Waals surface area contributed by atoms with Gasteiger partial charge in [-0.1, -0.05) is 119 Å². The predicted molar refractivity (Wildman–Crippen MR) is 245 cm³/mol. The monoisotopic (exact) mass is 982 g/mol. The first-order valence-electron chi connectivity index (χ1n) is 21.8. The molecule has 0 unspecified atom stereocenters. The Kier molecular flexibility index (Phi) is 8.81. The summed E-state index contributed by atoms with van der Waals surface area (Å²) in [6.45, 7) is 35.3. The molecule has 9 rings (SSSR count). The Morgan fingerprint density at radius 1 is 0.746 bits per heavy atom. The van der Waals surface area contributed by atoms with E-state index in [1.165, 1.54) is 33.2 Å². The molecule has 3 aliphatic rings. The summed E-state index contributed by atoms with van der Waals surface area (Å²) in [7, 11) is 0. The van der Waals surface area contributed by atoms with Gasteiger partial charge in [-0.3, -0.25) is 0 Å². The van der Waals surface area contributed by atoms with Gasteiger partial charge < -0.3 is 14.3 Å². The van der Waals surface area contributed by atoms with Crippen molar-refractivity contribution in [1.29, 1.82) is 0 Å². The van der Waals surface area contributed by atoms with Crippen LogP contribution < -0.4 is 4.74 Å². The van der Waals surface area contributed by atoms with Crippen LogP contribution in [0.2, 0.25) is 0 Å². The number of aromatic nitrogens is 2. The van der Waals surface area contributed by atoms with Gasteiger partial charge in [-0.25, -0.2) is 4.98 Å². The summed E-state index contributed by atoms with van der Waals surface area (Å²) in [6.07, 6.45) is 0.268. The maximum Gasteiger partial charge on any atom is 2.00 e. The van der Waals surface area contributed by atoms with E-state index in [1.807, 2.05) is 13.1 Å². The summed E-state index contributed by atoms with van der Waals surface area (Å²) in [6, 6.07) is 25.4. The third kappa shape index (κ3) is 6.09. The molecule has 308 valence electrons. The molecule has 4 heterocycles. The standard InChI is InChI=1S/C53H59N3OS.Pt/c1-29-17-39-38-24-36(49(8,9)10)25-42-45(38)56(46(39)54-28-29)43-26-44(32(4)20-41(43)51(42,14)15)57-37-22-33(21-35(23-37)48(5,6)7)47-55-52(16)27-34-18-30(2)31(3)19-40(34)53(52,58-47)50(11,12)13;/h17-21,23-25,28H,27H2,1-16H3;/q-2;+2/t52-,53-;/m1./s1/i27D2;. The molecule has 0 N–H and O–H groups in total. The number of aryl methyl sites for hydroxylation is 4. The Hall–Kier alpha value is -3.66. The van der Waals surface area contributed by atoms with Crippen LogP contribution >= 0.6 is 11.8 Å². The molecule has 6 aromatic rings. The summed E-state index contributed by atoms with van der Waals surface area (Å²) < 4.78 is 28.1. The zero-order valence-corrected chi connectivity index (χ0v) is 40.8. The topological polar surface area (TPSA) is 39.4 Å². The van der Waals surface area contributed by atoms with Crippen LogP contribution in [0.3, 0.4) is 0 Å². The van der Waals surface area contributed by atoms with E-state index < -0.39 is 16.7 Å². The van der Waals surface area contributed by atoms with Crippen LogP contribution in [0.15, 0.2) is 59.7 Å². The van der Waals surface area contributed by atoms with E-state index in [0.717, 1.165) is 60.7 Å². The third-order valence-corrected chi connectivity index (χ3v) is 15.4. The number of fused-ring (bicyclic) bond motifs is 8. The number of nitrogens with zero attached hydrogens (tertiary/aromatic N) is 3. The van der Waals surface area contributed by atoms with Gasteiger partial charge in [-0.15, -0.1) is 46.1 Å². The van der Waals surface area contributed by atoms with E-state index >= 15 is 0 Å². The fourth-order valence-corrected chi connectivity index (χ4v) is 11.5. The summed E-state index contributed by atoms with van der Waals surface area (Å²) in [5.41, 5.74) is 13.0. The number of benzene rings is 4. The first-order chi connectivity index (χ1) is 27.6. The van der Waals surface area contributed by atoms with Gasteiger partial charge >= 0.3 is 21.1 Å². The molecule has 0 radical (unpaired) electrons. The van der Waals surface area contributed by atoms with E-state index in [-0.39, 0.29) is 42.7 Å². The second kappa shape index (κ2) is 13.2. The van der Waals surface area contributed by atoms with Crippen LogP contribution in [0.4, 0.5) is 0 Å². The van der Waals surface area contributed by atoms with Gasteiger partial charge in [0.2, 0.25) is 0 Å². The van der Waals surface area contributed by atoms with Crippen molar-refractivity contribution in [2.75, 3.05) is 0 Å². The smallest absolute Gasteiger partial charge is 0.503 e. The summed E-state index contributed by atoms with van der Waals surface area (Å²) in [4.78, 5) is 10.5. The molecular weight excluding hydrogens is 922 g/mol. The number of hydrogen-bond donors (Lipinski definition) is 0. The van der Waals surface area contributed by atoms with Crippen molar-refractivity contribution in [3.63, 3.8) is 0 Å². The van der Waals surface area contributed by atoms with Gasteiger partial charge in [0.15, 0.2) is 0 Å². The Morgan fingerprint density at radius 2 is 1.39 bits per heavy atom. The number of thioether (sulfide) groups is 1. The summed E-state index contributed by atoms with van der Waals surface area (Å²) in [5.74, 6) is 1.23. The van der Waals surface area contributed by atoms with Gasteiger partial charge in [0.05, 0.1) is 15.8 Å². The molecule has 4 nitrogen and oxygen atoms in total. The molecule has 0 fully saturated rings. The fraction of sp³-hybridized carbons (Fsp3) is 0.434. The van der Waals surface area contributed by atoms with Crippen LogP contribution in [-0.4, -0.2) is 20.1 Å². The minimum Gasteiger partial charge on any atom is -0.503 e. The van der Waals surface area contributed by atoms with Crippen LogP contribution in [0.1, 0.15) is 147 Å². The quantitative estimate of drug-likeness (QED) is 0.166.